The highest BCUT2D eigenvalue weighted by Crippen LogP contribution is 2.30. The van der Waals surface area contributed by atoms with Crippen molar-refractivity contribution >= 4 is 37.4 Å². The van der Waals surface area contributed by atoms with Crippen LogP contribution in [0.3, 0.4) is 0 Å². The molecule has 0 unspecified atom stereocenters. The Morgan fingerprint density at radius 1 is 1.41 bits per heavy atom. The van der Waals surface area contributed by atoms with Crippen LogP contribution in [0.15, 0.2) is 22.7 Å². The molecule has 0 saturated heterocycles. The Bertz CT molecular complexity index is 474. The molecule has 1 rings (SSSR count). The summed E-state index contributed by atoms with van der Waals surface area (Å²) in [6.45, 7) is 0.361. The average molecular weight is 342 g/mol. The summed E-state index contributed by atoms with van der Waals surface area (Å²) in [4.78, 5) is 0. The summed E-state index contributed by atoms with van der Waals surface area (Å²) in [5.41, 5.74) is 0.889. The molecule has 0 bridgehead atoms. The van der Waals surface area contributed by atoms with E-state index in [4.69, 9.17) is 16.3 Å². The Balaban J connectivity index is 2.57. The van der Waals surface area contributed by atoms with Crippen molar-refractivity contribution < 1.29 is 13.2 Å². The number of benzene rings is 1. The molecule has 0 aromatic heterocycles. The summed E-state index contributed by atoms with van der Waals surface area (Å²) < 4.78 is 28.3. The topological polar surface area (TPSA) is 43.4 Å². The average Bonchev–Trinajstić information content (AvgIpc) is 2.24. The zero-order valence-electron chi connectivity index (χ0n) is 9.45. The van der Waals surface area contributed by atoms with Crippen LogP contribution in [0.5, 0.6) is 5.75 Å². The molecule has 0 aliphatic heterocycles. The normalized spacial score (nSPS) is 11.5. The number of hydrogen-bond donors (Lipinski definition) is 0. The Hall–Kier alpha value is -0.260. The lowest BCUT2D eigenvalue weighted by atomic mass is 10.2. The fourth-order valence-corrected chi connectivity index (χ4v) is 2.69. The second kappa shape index (κ2) is 6.61. The highest BCUT2D eigenvalue weighted by Gasteiger charge is 2.08. The molecular weight excluding hydrogens is 328 g/mol. The van der Waals surface area contributed by atoms with Crippen molar-refractivity contribution in [1.29, 1.82) is 0 Å². The van der Waals surface area contributed by atoms with E-state index in [-0.39, 0.29) is 5.75 Å². The summed E-state index contributed by atoms with van der Waals surface area (Å²) in [7, 11) is -2.92. The number of halogens is 2. The monoisotopic (exact) mass is 340 g/mol. The van der Waals surface area contributed by atoms with Crippen molar-refractivity contribution in [2.24, 2.45) is 0 Å². The van der Waals surface area contributed by atoms with Gasteiger partial charge in [-0.15, -0.1) is 11.6 Å². The molecule has 1 aromatic rings. The molecular formula is C11H14BrClO3S. The first-order chi connectivity index (χ1) is 7.94. The SMILES string of the molecule is CS(=O)(=O)CCCOc1c(Br)cccc1CCl. The molecule has 96 valence electrons. The standard InChI is InChI=1S/C11H14BrClO3S/c1-17(14,15)7-3-6-16-11-9(8-13)4-2-5-10(11)12/h2,4-5H,3,6-8H2,1H3. The van der Waals surface area contributed by atoms with E-state index in [1.807, 2.05) is 18.2 Å². The van der Waals surface area contributed by atoms with Gasteiger partial charge in [0.2, 0.25) is 0 Å². The maximum absolute atomic E-state index is 10.9. The second-order valence-corrected chi connectivity index (χ2v) is 7.07. The van der Waals surface area contributed by atoms with E-state index < -0.39 is 9.84 Å². The molecule has 0 fully saturated rings. The smallest absolute Gasteiger partial charge is 0.147 e. The predicted molar refractivity (Wildman–Crippen MR) is 73.5 cm³/mol. The maximum Gasteiger partial charge on any atom is 0.147 e. The summed E-state index contributed by atoms with van der Waals surface area (Å²) in [5, 5.41) is 0. The lowest BCUT2D eigenvalue weighted by Gasteiger charge is -2.11. The van der Waals surface area contributed by atoms with Crippen molar-refractivity contribution in [3.8, 4) is 5.75 Å². The molecule has 0 aliphatic rings. The molecule has 3 nitrogen and oxygen atoms in total. The molecule has 0 N–H and O–H groups in total. The number of para-hydroxylation sites is 1. The van der Waals surface area contributed by atoms with Crippen LogP contribution in [0.1, 0.15) is 12.0 Å². The lowest BCUT2D eigenvalue weighted by Crippen LogP contribution is -2.08. The van der Waals surface area contributed by atoms with Crippen LogP contribution in [0.2, 0.25) is 0 Å². The highest BCUT2D eigenvalue weighted by atomic mass is 79.9. The van der Waals surface area contributed by atoms with Gasteiger partial charge in [-0.1, -0.05) is 12.1 Å². The van der Waals surface area contributed by atoms with Crippen molar-refractivity contribution in [3.63, 3.8) is 0 Å². The van der Waals surface area contributed by atoms with E-state index in [0.29, 0.717) is 24.7 Å². The molecule has 0 radical (unpaired) electrons. The lowest BCUT2D eigenvalue weighted by molar-refractivity contribution is 0.313. The van der Waals surface area contributed by atoms with E-state index in [1.54, 1.807) is 0 Å². The molecule has 0 saturated carbocycles. The molecule has 17 heavy (non-hydrogen) atoms. The summed E-state index contributed by atoms with van der Waals surface area (Å²) in [6, 6.07) is 5.62. The number of alkyl halides is 1. The largest absolute Gasteiger partial charge is 0.492 e. The fourth-order valence-electron chi connectivity index (χ4n) is 1.32. The predicted octanol–water partition coefficient (Wildman–Crippen LogP) is 3.00. The van der Waals surface area contributed by atoms with Crippen LogP contribution in [0.25, 0.3) is 0 Å². The van der Waals surface area contributed by atoms with Gasteiger partial charge in [0, 0.05) is 11.8 Å². The van der Waals surface area contributed by atoms with Gasteiger partial charge in [-0.25, -0.2) is 8.42 Å². The van der Waals surface area contributed by atoms with Gasteiger partial charge in [-0.05, 0) is 28.4 Å². The number of sulfone groups is 1. The van der Waals surface area contributed by atoms with Gasteiger partial charge >= 0.3 is 0 Å². The third-order valence-corrected chi connectivity index (χ3v) is 4.04. The van der Waals surface area contributed by atoms with Gasteiger partial charge in [-0.3, -0.25) is 0 Å². The van der Waals surface area contributed by atoms with Gasteiger partial charge in [0.1, 0.15) is 15.6 Å². The zero-order valence-corrected chi connectivity index (χ0v) is 12.6. The molecule has 0 atom stereocenters. The highest BCUT2D eigenvalue weighted by molar-refractivity contribution is 9.10. The quantitative estimate of drug-likeness (QED) is 0.590. The second-order valence-electron chi connectivity index (χ2n) is 3.69. The zero-order chi connectivity index (χ0) is 12.9. The number of rotatable bonds is 6. The molecule has 0 spiro atoms. The van der Waals surface area contributed by atoms with Gasteiger partial charge in [0.15, 0.2) is 0 Å². The van der Waals surface area contributed by atoms with Gasteiger partial charge in [-0.2, -0.15) is 0 Å². The van der Waals surface area contributed by atoms with Crippen molar-refractivity contribution in [1.82, 2.24) is 0 Å². The molecule has 1 aromatic carbocycles. The van der Waals surface area contributed by atoms with Gasteiger partial charge in [0.05, 0.1) is 22.7 Å². The molecule has 6 heteroatoms. The van der Waals surface area contributed by atoms with Crippen LogP contribution in [0.4, 0.5) is 0 Å². The number of ether oxygens (including phenoxy) is 1. The minimum absolute atomic E-state index is 0.133. The first kappa shape index (κ1) is 14.8. The van der Waals surface area contributed by atoms with Crippen LogP contribution < -0.4 is 4.74 Å². The number of hydrogen-bond acceptors (Lipinski definition) is 3. The van der Waals surface area contributed by atoms with Crippen molar-refractivity contribution in [3.05, 3.63) is 28.2 Å². The summed E-state index contributed by atoms with van der Waals surface area (Å²) in [6.07, 6.45) is 1.69. The van der Waals surface area contributed by atoms with Gasteiger partial charge in [0.25, 0.3) is 0 Å². The van der Waals surface area contributed by atoms with Crippen LogP contribution in [-0.2, 0) is 15.7 Å². The first-order valence-corrected chi connectivity index (χ1v) is 8.46. The van der Waals surface area contributed by atoms with Crippen molar-refractivity contribution in [2.45, 2.75) is 12.3 Å². The van der Waals surface area contributed by atoms with Crippen LogP contribution in [0, 0.1) is 0 Å². The Morgan fingerprint density at radius 3 is 2.71 bits per heavy atom. The van der Waals surface area contributed by atoms with E-state index in [9.17, 15) is 8.42 Å². The summed E-state index contributed by atoms with van der Waals surface area (Å²) in [5.74, 6) is 1.19. The van der Waals surface area contributed by atoms with Crippen molar-refractivity contribution in [2.75, 3.05) is 18.6 Å². The van der Waals surface area contributed by atoms with E-state index in [1.165, 1.54) is 6.26 Å². The van der Waals surface area contributed by atoms with Gasteiger partial charge < -0.3 is 4.74 Å². The first-order valence-electron chi connectivity index (χ1n) is 5.08. The third kappa shape index (κ3) is 5.27. The Labute approximate surface area is 115 Å². The van der Waals surface area contributed by atoms with Crippen LogP contribution in [-0.4, -0.2) is 27.0 Å². The van der Waals surface area contributed by atoms with Crippen LogP contribution >= 0.6 is 27.5 Å². The minimum Gasteiger partial charge on any atom is -0.492 e. The third-order valence-electron chi connectivity index (χ3n) is 2.10. The maximum atomic E-state index is 10.9. The Kier molecular flexibility index (Phi) is 5.76. The minimum atomic E-state index is -2.92. The van der Waals surface area contributed by atoms with E-state index in [2.05, 4.69) is 15.9 Å². The van der Waals surface area contributed by atoms with E-state index >= 15 is 0 Å². The molecule has 0 aliphatic carbocycles. The van der Waals surface area contributed by atoms with E-state index in [0.717, 1.165) is 10.0 Å². The fraction of sp³-hybridized carbons (Fsp3) is 0.455. The molecule has 0 heterocycles. The Morgan fingerprint density at radius 2 is 2.12 bits per heavy atom. The molecule has 0 amide bonds. The summed E-state index contributed by atoms with van der Waals surface area (Å²) >= 11 is 9.17.